The zero-order valence-electron chi connectivity index (χ0n) is 21.8. The van der Waals surface area contributed by atoms with Gasteiger partial charge in [0, 0.05) is 29.5 Å². The summed E-state index contributed by atoms with van der Waals surface area (Å²) >= 11 is 0. The van der Waals surface area contributed by atoms with Gasteiger partial charge in [-0.15, -0.1) is 0 Å². The van der Waals surface area contributed by atoms with Gasteiger partial charge in [-0.3, -0.25) is 9.59 Å². The highest BCUT2D eigenvalue weighted by Gasteiger charge is 2.33. The van der Waals surface area contributed by atoms with Gasteiger partial charge >= 0.3 is 11.6 Å². The maximum Gasteiger partial charge on any atom is 0.336 e. The Balaban J connectivity index is 1.60. The fourth-order valence-electron chi connectivity index (χ4n) is 4.29. The molecule has 0 unspecified atom stereocenters. The van der Waals surface area contributed by atoms with Crippen LogP contribution < -0.4 is 21.0 Å². The summed E-state index contributed by atoms with van der Waals surface area (Å²) in [6.45, 7) is 0. The molecule has 0 aliphatic carbocycles. The van der Waals surface area contributed by atoms with Crippen LogP contribution in [0.2, 0.25) is 0 Å². The number of nitrogens with one attached hydrogen (secondary N) is 2. The summed E-state index contributed by atoms with van der Waals surface area (Å²) in [6, 6.07) is 20.6. The number of amides is 2. The summed E-state index contributed by atoms with van der Waals surface area (Å²) in [5, 5.41) is 16.9. The zero-order chi connectivity index (χ0) is 28.6. The standard InChI is InChI=1S/C30H28N2O8/c1-38-21-13-14-22-20(16-25(33)40-24(22)17-21)15-23(30(37)39-2)31-29(36)27(34)26(18-9-5-3-6-10-18)32-28(35)19-11-7-4-8-12-19/h3-14,16-17,23,26-27,34H,15H2,1-2H3,(H,31,36)(H,32,35)/t23-,26+,27-/m1/s1. The molecule has 4 aromatic rings. The van der Waals surface area contributed by atoms with Crippen LogP contribution in [-0.4, -0.2) is 49.3 Å². The fraction of sp³-hybridized carbons (Fsp3) is 0.200. The van der Waals surface area contributed by atoms with Gasteiger partial charge in [0.25, 0.3) is 11.8 Å². The Kier molecular flexibility index (Phi) is 8.93. The monoisotopic (exact) mass is 544 g/mol. The van der Waals surface area contributed by atoms with Crippen LogP contribution in [0.3, 0.4) is 0 Å². The maximum absolute atomic E-state index is 13.3. The predicted molar refractivity (Wildman–Crippen MR) is 146 cm³/mol. The molecule has 206 valence electrons. The van der Waals surface area contributed by atoms with Crippen molar-refractivity contribution in [1.82, 2.24) is 10.6 Å². The molecule has 0 saturated carbocycles. The quantitative estimate of drug-likeness (QED) is 0.204. The van der Waals surface area contributed by atoms with Crippen molar-refractivity contribution in [3.05, 3.63) is 112 Å². The molecule has 0 bridgehead atoms. The number of methoxy groups -OCH3 is 2. The second-order valence-electron chi connectivity index (χ2n) is 8.91. The predicted octanol–water partition coefficient (Wildman–Crippen LogP) is 2.53. The molecule has 10 heteroatoms. The number of fused-ring (bicyclic) bond motifs is 1. The van der Waals surface area contributed by atoms with E-state index in [0.29, 0.717) is 27.8 Å². The topological polar surface area (TPSA) is 144 Å². The Labute approximate surface area is 229 Å². The number of benzene rings is 3. The molecule has 3 aromatic carbocycles. The minimum absolute atomic E-state index is 0.133. The van der Waals surface area contributed by atoms with Gasteiger partial charge in [-0.2, -0.15) is 0 Å². The molecule has 4 rings (SSSR count). The molecule has 0 saturated heterocycles. The first-order chi connectivity index (χ1) is 19.3. The number of aliphatic hydroxyl groups excluding tert-OH is 1. The average Bonchev–Trinajstić information content (AvgIpc) is 2.98. The number of hydrogen-bond donors (Lipinski definition) is 3. The molecule has 3 atom stereocenters. The van der Waals surface area contributed by atoms with Crippen LogP contribution in [0.1, 0.15) is 27.5 Å². The molecule has 0 radical (unpaired) electrons. The Bertz CT molecular complexity index is 1550. The molecular weight excluding hydrogens is 516 g/mol. The third-order valence-corrected chi connectivity index (χ3v) is 6.33. The van der Waals surface area contributed by atoms with Crippen LogP contribution in [0.5, 0.6) is 5.75 Å². The van der Waals surface area contributed by atoms with Crippen molar-refractivity contribution < 1.29 is 33.4 Å². The van der Waals surface area contributed by atoms with E-state index in [2.05, 4.69) is 10.6 Å². The molecule has 0 aliphatic rings. The summed E-state index contributed by atoms with van der Waals surface area (Å²) in [7, 11) is 2.63. The maximum atomic E-state index is 13.3. The van der Waals surface area contributed by atoms with Crippen molar-refractivity contribution in [2.24, 2.45) is 0 Å². The van der Waals surface area contributed by atoms with Crippen molar-refractivity contribution in [3.63, 3.8) is 0 Å². The Hall–Kier alpha value is -4.96. The van der Waals surface area contributed by atoms with E-state index in [-0.39, 0.29) is 12.0 Å². The van der Waals surface area contributed by atoms with Gasteiger partial charge in [0.05, 0.1) is 20.3 Å². The molecule has 1 aromatic heterocycles. The minimum Gasteiger partial charge on any atom is -0.497 e. The first-order valence-corrected chi connectivity index (χ1v) is 12.4. The van der Waals surface area contributed by atoms with Crippen molar-refractivity contribution in [3.8, 4) is 5.75 Å². The highest BCUT2D eigenvalue weighted by molar-refractivity contribution is 5.95. The summed E-state index contributed by atoms with van der Waals surface area (Å²) in [5.41, 5.74) is 0.818. The van der Waals surface area contributed by atoms with E-state index in [1.54, 1.807) is 72.8 Å². The molecule has 40 heavy (non-hydrogen) atoms. The SMILES string of the molecule is COC(=O)[C@@H](Cc1cc(=O)oc2cc(OC)ccc12)NC(=O)[C@H](O)[C@@H](NC(=O)c1ccccc1)c1ccccc1. The zero-order valence-corrected chi connectivity index (χ0v) is 21.8. The molecule has 2 amide bonds. The first kappa shape index (κ1) is 28.1. The lowest BCUT2D eigenvalue weighted by Gasteiger charge is -2.26. The number of ether oxygens (including phenoxy) is 2. The number of carbonyl (C=O) groups excluding carboxylic acids is 3. The van der Waals surface area contributed by atoms with Crippen molar-refractivity contribution in [2.75, 3.05) is 14.2 Å². The number of rotatable bonds is 10. The van der Waals surface area contributed by atoms with E-state index in [1.165, 1.54) is 19.2 Å². The minimum atomic E-state index is -1.77. The van der Waals surface area contributed by atoms with Crippen molar-refractivity contribution in [1.29, 1.82) is 0 Å². The number of hydrogen-bond acceptors (Lipinski definition) is 8. The van der Waals surface area contributed by atoms with E-state index in [0.717, 1.165) is 7.11 Å². The van der Waals surface area contributed by atoms with Gasteiger partial charge < -0.3 is 29.6 Å². The number of carbonyl (C=O) groups is 3. The molecule has 0 spiro atoms. The summed E-state index contributed by atoms with van der Waals surface area (Å²) < 4.78 is 15.3. The van der Waals surface area contributed by atoms with Gasteiger partial charge in [0.15, 0.2) is 6.10 Å². The average molecular weight is 545 g/mol. The molecule has 1 heterocycles. The molecular formula is C30H28N2O8. The van der Waals surface area contributed by atoms with Gasteiger partial charge in [-0.1, -0.05) is 48.5 Å². The Morgan fingerprint density at radius 2 is 1.57 bits per heavy atom. The molecule has 0 fully saturated rings. The molecule has 10 nitrogen and oxygen atoms in total. The van der Waals surface area contributed by atoms with Crippen LogP contribution in [0.25, 0.3) is 11.0 Å². The van der Waals surface area contributed by atoms with Gasteiger partial charge in [-0.25, -0.2) is 9.59 Å². The van der Waals surface area contributed by atoms with Crippen molar-refractivity contribution in [2.45, 2.75) is 24.6 Å². The third-order valence-electron chi connectivity index (χ3n) is 6.33. The van der Waals surface area contributed by atoms with E-state index < -0.39 is 41.6 Å². The molecule has 0 aliphatic heterocycles. The van der Waals surface area contributed by atoms with Crippen LogP contribution in [0.15, 0.2) is 94.1 Å². The van der Waals surface area contributed by atoms with Gasteiger partial charge in [-0.05, 0) is 35.4 Å². The Morgan fingerprint density at radius 1 is 0.900 bits per heavy atom. The van der Waals surface area contributed by atoms with Crippen LogP contribution >= 0.6 is 0 Å². The van der Waals surface area contributed by atoms with E-state index in [9.17, 15) is 24.3 Å². The lowest BCUT2D eigenvalue weighted by molar-refractivity contribution is -0.146. The summed E-state index contributed by atoms with van der Waals surface area (Å²) in [5.74, 6) is -1.74. The van der Waals surface area contributed by atoms with Gasteiger partial charge in [0.1, 0.15) is 17.4 Å². The Morgan fingerprint density at radius 3 is 2.23 bits per heavy atom. The van der Waals surface area contributed by atoms with Crippen LogP contribution in [0.4, 0.5) is 0 Å². The number of aliphatic hydroxyl groups is 1. The van der Waals surface area contributed by atoms with E-state index in [1.807, 2.05) is 0 Å². The largest absolute Gasteiger partial charge is 0.497 e. The second-order valence-corrected chi connectivity index (χ2v) is 8.91. The van der Waals surface area contributed by atoms with Gasteiger partial charge in [0.2, 0.25) is 0 Å². The molecule has 3 N–H and O–H groups in total. The normalized spacial score (nSPS) is 13.1. The summed E-state index contributed by atoms with van der Waals surface area (Å²) in [4.78, 5) is 51.1. The third kappa shape index (κ3) is 6.54. The number of esters is 1. The fourth-order valence-corrected chi connectivity index (χ4v) is 4.29. The summed E-state index contributed by atoms with van der Waals surface area (Å²) in [6.07, 6.45) is -1.91. The van der Waals surface area contributed by atoms with E-state index in [4.69, 9.17) is 13.9 Å². The lowest BCUT2D eigenvalue weighted by atomic mass is 9.98. The van der Waals surface area contributed by atoms with Crippen molar-refractivity contribution >= 4 is 28.8 Å². The smallest absolute Gasteiger partial charge is 0.336 e. The first-order valence-electron chi connectivity index (χ1n) is 12.4. The lowest BCUT2D eigenvalue weighted by Crippen LogP contribution is -2.51. The van der Waals surface area contributed by atoms with E-state index >= 15 is 0 Å². The van der Waals surface area contributed by atoms with Crippen LogP contribution in [0, 0.1) is 0 Å². The highest BCUT2D eigenvalue weighted by Crippen LogP contribution is 2.24. The van der Waals surface area contributed by atoms with Crippen LogP contribution in [-0.2, 0) is 20.7 Å². The second kappa shape index (κ2) is 12.7. The highest BCUT2D eigenvalue weighted by atomic mass is 16.5.